The quantitative estimate of drug-likeness (QED) is 0.476. The topological polar surface area (TPSA) is 30.5 Å². The third-order valence-electron chi connectivity index (χ3n) is 4.41. The molecule has 3 aromatic carbocycles. The SMILES string of the molecule is COc1cccc(CNCc2ccc(C)cc2)c1OCc1ccc(Cl)c(Cl)c1. The average molecular weight is 416 g/mol. The van der Waals surface area contributed by atoms with Crippen molar-refractivity contribution in [2.24, 2.45) is 0 Å². The first-order chi connectivity index (χ1) is 13.6. The van der Waals surface area contributed by atoms with Gasteiger partial charge in [0, 0.05) is 18.7 Å². The molecular formula is C23H23Cl2NO2. The number of hydrogen-bond donors (Lipinski definition) is 1. The van der Waals surface area contributed by atoms with Crippen LogP contribution >= 0.6 is 23.2 Å². The number of rotatable bonds is 8. The fourth-order valence-corrected chi connectivity index (χ4v) is 3.18. The summed E-state index contributed by atoms with van der Waals surface area (Å²) < 4.78 is 11.6. The van der Waals surface area contributed by atoms with Crippen molar-refractivity contribution in [1.29, 1.82) is 0 Å². The molecule has 0 amide bonds. The zero-order chi connectivity index (χ0) is 19.9. The lowest BCUT2D eigenvalue weighted by atomic mass is 10.1. The third kappa shape index (κ3) is 5.41. The van der Waals surface area contributed by atoms with Crippen LogP contribution in [0, 0.1) is 6.92 Å². The molecule has 5 heteroatoms. The second-order valence-corrected chi connectivity index (χ2v) is 7.39. The Balaban J connectivity index is 1.68. The highest BCUT2D eigenvalue weighted by Crippen LogP contribution is 2.32. The number of hydrogen-bond acceptors (Lipinski definition) is 3. The number of nitrogens with one attached hydrogen (secondary N) is 1. The average Bonchev–Trinajstić information content (AvgIpc) is 2.70. The lowest BCUT2D eigenvalue weighted by molar-refractivity contribution is 0.280. The lowest BCUT2D eigenvalue weighted by Gasteiger charge is -2.16. The van der Waals surface area contributed by atoms with Crippen molar-refractivity contribution in [3.8, 4) is 11.5 Å². The predicted octanol–water partition coefficient (Wildman–Crippen LogP) is 6.18. The summed E-state index contributed by atoms with van der Waals surface area (Å²) in [5.41, 5.74) is 4.48. The molecule has 0 saturated heterocycles. The molecule has 0 radical (unpaired) electrons. The van der Waals surface area contributed by atoms with Crippen LogP contribution in [0.5, 0.6) is 11.5 Å². The Morgan fingerprint density at radius 3 is 2.32 bits per heavy atom. The van der Waals surface area contributed by atoms with Crippen LogP contribution in [0.3, 0.4) is 0 Å². The highest BCUT2D eigenvalue weighted by molar-refractivity contribution is 6.42. The van der Waals surface area contributed by atoms with Gasteiger partial charge in [-0.1, -0.05) is 71.2 Å². The van der Waals surface area contributed by atoms with Gasteiger partial charge in [-0.25, -0.2) is 0 Å². The van der Waals surface area contributed by atoms with Gasteiger partial charge >= 0.3 is 0 Å². The summed E-state index contributed by atoms with van der Waals surface area (Å²) in [6.45, 7) is 3.92. The van der Waals surface area contributed by atoms with Crippen LogP contribution in [-0.2, 0) is 19.7 Å². The molecule has 0 heterocycles. The molecule has 0 unspecified atom stereocenters. The Labute approximate surface area is 176 Å². The first-order valence-corrected chi connectivity index (χ1v) is 9.81. The number of benzene rings is 3. The summed E-state index contributed by atoms with van der Waals surface area (Å²) >= 11 is 12.1. The van der Waals surface area contributed by atoms with Gasteiger partial charge in [0.2, 0.25) is 0 Å². The molecule has 146 valence electrons. The minimum absolute atomic E-state index is 0.377. The molecule has 0 saturated carbocycles. The van der Waals surface area contributed by atoms with Gasteiger partial charge in [-0.05, 0) is 36.2 Å². The van der Waals surface area contributed by atoms with Crippen LogP contribution in [0.25, 0.3) is 0 Å². The van der Waals surface area contributed by atoms with Crippen molar-refractivity contribution in [3.05, 3.63) is 93.0 Å². The predicted molar refractivity (Wildman–Crippen MR) is 116 cm³/mol. The molecule has 0 aliphatic heterocycles. The van der Waals surface area contributed by atoms with Crippen LogP contribution in [-0.4, -0.2) is 7.11 Å². The van der Waals surface area contributed by atoms with Crippen LogP contribution in [0.15, 0.2) is 60.7 Å². The van der Waals surface area contributed by atoms with Gasteiger partial charge in [-0.2, -0.15) is 0 Å². The summed E-state index contributed by atoms with van der Waals surface area (Å²) in [6.07, 6.45) is 0. The Hall–Kier alpha value is -2.20. The highest BCUT2D eigenvalue weighted by Gasteiger charge is 2.11. The van der Waals surface area contributed by atoms with E-state index in [4.69, 9.17) is 32.7 Å². The first-order valence-electron chi connectivity index (χ1n) is 9.05. The molecule has 0 atom stereocenters. The van der Waals surface area contributed by atoms with Crippen molar-refractivity contribution < 1.29 is 9.47 Å². The molecule has 0 aliphatic rings. The van der Waals surface area contributed by atoms with E-state index >= 15 is 0 Å². The standard InChI is InChI=1S/C23H23Cl2NO2/c1-16-6-8-17(9-7-16)13-26-14-19-4-3-5-22(27-2)23(19)28-15-18-10-11-20(24)21(25)12-18/h3-12,26H,13-15H2,1-2H3. The van der Waals surface area contributed by atoms with Crippen molar-refractivity contribution in [2.45, 2.75) is 26.6 Å². The van der Waals surface area contributed by atoms with E-state index < -0.39 is 0 Å². The minimum Gasteiger partial charge on any atom is -0.493 e. The molecule has 1 N–H and O–H groups in total. The van der Waals surface area contributed by atoms with Crippen LogP contribution in [0.4, 0.5) is 0 Å². The summed E-state index contributed by atoms with van der Waals surface area (Å²) in [7, 11) is 1.64. The molecule has 3 rings (SSSR count). The second-order valence-electron chi connectivity index (χ2n) is 6.57. The third-order valence-corrected chi connectivity index (χ3v) is 5.15. The fraction of sp³-hybridized carbons (Fsp3) is 0.217. The highest BCUT2D eigenvalue weighted by atomic mass is 35.5. The monoisotopic (exact) mass is 415 g/mol. The van der Waals surface area contributed by atoms with E-state index in [1.807, 2.05) is 30.3 Å². The van der Waals surface area contributed by atoms with Crippen LogP contribution in [0.2, 0.25) is 10.0 Å². The van der Waals surface area contributed by atoms with E-state index in [9.17, 15) is 0 Å². The van der Waals surface area contributed by atoms with E-state index in [0.717, 1.165) is 23.4 Å². The zero-order valence-electron chi connectivity index (χ0n) is 16.0. The Kier molecular flexibility index (Phi) is 7.21. The largest absolute Gasteiger partial charge is 0.493 e. The molecule has 0 aliphatic carbocycles. The van der Waals surface area contributed by atoms with Crippen molar-refractivity contribution in [3.63, 3.8) is 0 Å². The smallest absolute Gasteiger partial charge is 0.166 e. The van der Waals surface area contributed by atoms with Gasteiger partial charge in [0.05, 0.1) is 17.2 Å². The fourth-order valence-electron chi connectivity index (χ4n) is 2.86. The maximum atomic E-state index is 6.10. The van der Waals surface area contributed by atoms with E-state index in [2.05, 4.69) is 36.5 Å². The van der Waals surface area contributed by atoms with E-state index in [0.29, 0.717) is 28.9 Å². The number of aryl methyl sites for hydroxylation is 1. The number of ether oxygens (including phenoxy) is 2. The summed E-state index contributed by atoms with van der Waals surface area (Å²) in [5, 5.41) is 4.52. The van der Waals surface area contributed by atoms with Crippen molar-refractivity contribution in [1.82, 2.24) is 5.32 Å². The number of para-hydroxylation sites is 1. The molecule has 3 nitrogen and oxygen atoms in total. The number of halogens is 2. The lowest BCUT2D eigenvalue weighted by Crippen LogP contribution is -2.14. The van der Waals surface area contributed by atoms with E-state index in [-0.39, 0.29) is 0 Å². The van der Waals surface area contributed by atoms with E-state index in [1.54, 1.807) is 13.2 Å². The summed E-state index contributed by atoms with van der Waals surface area (Å²) in [5.74, 6) is 1.43. The molecule has 28 heavy (non-hydrogen) atoms. The molecule has 0 aromatic heterocycles. The molecule has 0 spiro atoms. The summed E-state index contributed by atoms with van der Waals surface area (Å²) in [6, 6.07) is 19.9. The normalized spacial score (nSPS) is 10.7. The molecule has 0 bridgehead atoms. The molecular weight excluding hydrogens is 393 g/mol. The second kappa shape index (κ2) is 9.83. The number of methoxy groups -OCH3 is 1. The maximum Gasteiger partial charge on any atom is 0.166 e. The van der Waals surface area contributed by atoms with Crippen molar-refractivity contribution >= 4 is 23.2 Å². The van der Waals surface area contributed by atoms with Crippen LogP contribution in [0.1, 0.15) is 22.3 Å². The Morgan fingerprint density at radius 1 is 0.857 bits per heavy atom. The van der Waals surface area contributed by atoms with Gasteiger partial charge < -0.3 is 14.8 Å². The zero-order valence-corrected chi connectivity index (χ0v) is 17.5. The summed E-state index contributed by atoms with van der Waals surface area (Å²) in [4.78, 5) is 0. The first kappa shape index (κ1) is 20.5. The maximum absolute atomic E-state index is 6.10. The minimum atomic E-state index is 0.377. The van der Waals surface area contributed by atoms with Gasteiger partial charge in [0.1, 0.15) is 6.61 Å². The van der Waals surface area contributed by atoms with Gasteiger partial charge in [0.15, 0.2) is 11.5 Å². The Bertz CT molecular complexity index is 926. The van der Waals surface area contributed by atoms with Crippen molar-refractivity contribution in [2.75, 3.05) is 7.11 Å². The van der Waals surface area contributed by atoms with Gasteiger partial charge in [-0.3, -0.25) is 0 Å². The van der Waals surface area contributed by atoms with Gasteiger partial charge in [-0.15, -0.1) is 0 Å². The molecule has 0 fully saturated rings. The van der Waals surface area contributed by atoms with Crippen LogP contribution < -0.4 is 14.8 Å². The Morgan fingerprint density at radius 2 is 1.61 bits per heavy atom. The van der Waals surface area contributed by atoms with E-state index in [1.165, 1.54) is 11.1 Å². The van der Waals surface area contributed by atoms with Gasteiger partial charge in [0.25, 0.3) is 0 Å². The molecule has 3 aromatic rings.